The first kappa shape index (κ1) is 16.7. The Morgan fingerprint density at radius 1 is 1.00 bits per heavy atom. The molecule has 2 amide bonds. The molecule has 4 N–H and O–H groups in total. The van der Waals surface area contributed by atoms with E-state index < -0.39 is 26.7 Å². The summed E-state index contributed by atoms with van der Waals surface area (Å²) in [4.78, 5) is 23.6. The second-order valence-corrected chi connectivity index (χ2v) is 6.24. The standard InChI is InChI=1S/C14H15N3O5S/c1-8-11(12(9(2)22-8)23(15,20)21)14(19)17-16-13(18)10-6-4-3-5-7-10/h3-7H,1-2H3,(H,16,18)(H,17,19)(H2,15,20,21). The molecule has 0 radical (unpaired) electrons. The van der Waals surface area contributed by atoms with Gasteiger partial charge in [0.05, 0.1) is 0 Å². The Kier molecular flexibility index (Phi) is 4.52. The van der Waals surface area contributed by atoms with E-state index >= 15 is 0 Å². The number of nitrogens with one attached hydrogen (secondary N) is 2. The zero-order valence-corrected chi connectivity index (χ0v) is 13.2. The van der Waals surface area contributed by atoms with Crippen molar-refractivity contribution in [2.75, 3.05) is 0 Å². The second-order valence-electron chi connectivity index (χ2n) is 4.74. The van der Waals surface area contributed by atoms with Crippen molar-refractivity contribution in [3.63, 3.8) is 0 Å². The minimum atomic E-state index is -4.15. The molecule has 2 rings (SSSR count). The molecule has 122 valence electrons. The van der Waals surface area contributed by atoms with Gasteiger partial charge >= 0.3 is 0 Å². The maximum Gasteiger partial charge on any atom is 0.274 e. The molecule has 1 aromatic carbocycles. The van der Waals surface area contributed by atoms with Gasteiger partial charge in [-0.15, -0.1) is 0 Å². The number of hydrogen-bond acceptors (Lipinski definition) is 5. The highest BCUT2D eigenvalue weighted by atomic mass is 32.2. The quantitative estimate of drug-likeness (QED) is 0.706. The van der Waals surface area contributed by atoms with Crippen molar-refractivity contribution in [1.82, 2.24) is 10.9 Å². The van der Waals surface area contributed by atoms with Gasteiger partial charge in [-0.25, -0.2) is 13.6 Å². The maximum atomic E-state index is 12.2. The van der Waals surface area contributed by atoms with E-state index in [1.165, 1.54) is 13.8 Å². The third-order valence-electron chi connectivity index (χ3n) is 3.04. The summed E-state index contributed by atoms with van der Waals surface area (Å²) >= 11 is 0. The van der Waals surface area contributed by atoms with Crippen LogP contribution in [0, 0.1) is 13.8 Å². The topological polar surface area (TPSA) is 132 Å². The number of hydrazine groups is 1. The largest absolute Gasteiger partial charge is 0.464 e. The summed E-state index contributed by atoms with van der Waals surface area (Å²) in [6.45, 7) is 2.81. The van der Waals surface area contributed by atoms with E-state index in [1.807, 2.05) is 0 Å². The highest BCUT2D eigenvalue weighted by molar-refractivity contribution is 7.89. The SMILES string of the molecule is Cc1oc(C)c(S(N)(=O)=O)c1C(=O)NNC(=O)c1ccccc1. The van der Waals surface area contributed by atoms with Crippen LogP contribution in [0.3, 0.4) is 0 Å². The highest BCUT2D eigenvalue weighted by Gasteiger charge is 2.28. The number of primary sulfonamides is 1. The van der Waals surface area contributed by atoms with Crippen molar-refractivity contribution < 1.29 is 22.4 Å². The number of aryl methyl sites for hydroxylation is 2. The molecule has 2 aromatic rings. The van der Waals surface area contributed by atoms with Crippen LogP contribution in [0.1, 0.15) is 32.2 Å². The molecule has 0 saturated carbocycles. The van der Waals surface area contributed by atoms with E-state index in [0.717, 1.165) is 0 Å². The average molecular weight is 337 g/mol. The van der Waals surface area contributed by atoms with Gasteiger partial charge in [-0.05, 0) is 26.0 Å². The lowest BCUT2D eigenvalue weighted by atomic mass is 10.2. The van der Waals surface area contributed by atoms with Gasteiger partial charge in [-0.3, -0.25) is 20.4 Å². The molecular formula is C14H15N3O5S. The van der Waals surface area contributed by atoms with Crippen LogP contribution >= 0.6 is 0 Å². The van der Waals surface area contributed by atoms with Crippen molar-refractivity contribution in [1.29, 1.82) is 0 Å². The Labute approximate surface area is 132 Å². The van der Waals surface area contributed by atoms with Gasteiger partial charge < -0.3 is 4.42 Å². The zero-order chi connectivity index (χ0) is 17.2. The fraction of sp³-hybridized carbons (Fsp3) is 0.143. The van der Waals surface area contributed by atoms with Crippen LogP contribution in [0.5, 0.6) is 0 Å². The van der Waals surface area contributed by atoms with Gasteiger partial charge in [0.15, 0.2) is 0 Å². The van der Waals surface area contributed by atoms with Crippen LogP contribution in [0.25, 0.3) is 0 Å². The third-order valence-corrected chi connectivity index (χ3v) is 4.10. The van der Waals surface area contributed by atoms with Crippen molar-refractivity contribution in [3.05, 3.63) is 53.0 Å². The first-order valence-corrected chi connectivity index (χ1v) is 8.05. The molecular weight excluding hydrogens is 322 g/mol. The zero-order valence-electron chi connectivity index (χ0n) is 12.4. The average Bonchev–Trinajstić information content (AvgIpc) is 2.79. The van der Waals surface area contributed by atoms with E-state index in [4.69, 9.17) is 9.56 Å². The van der Waals surface area contributed by atoms with Gasteiger partial charge in [0.2, 0.25) is 10.0 Å². The lowest BCUT2D eigenvalue weighted by Crippen LogP contribution is -2.42. The Bertz CT molecular complexity index is 856. The molecule has 1 aromatic heterocycles. The smallest absolute Gasteiger partial charge is 0.274 e. The number of sulfonamides is 1. The van der Waals surface area contributed by atoms with Gasteiger partial charge in [-0.2, -0.15) is 0 Å². The van der Waals surface area contributed by atoms with Gasteiger partial charge in [0.1, 0.15) is 22.0 Å². The van der Waals surface area contributed by atoms with Crippen LogP contribution in [-0.4, -0.2) is 20.2 Å². The highest BCUT2D eigenvalue weighted by Crippen LogP contribution is 2.25. The van der Waals surface area contributed by atoms with E-state index in [-0.39, 0.29) is 17.1 Å². The Balaban J connectivity index is 2.21. The van der Waals surface area contributed by atoms with Crippen LogP contribution in [0.15, 0.2) is 39.6 Å². The van der Waals surface area contributed by atoms with E-state index in [1.54, 1.807) is 30.3 Å². The lowest BCUT2D eigenvalue weighted by molar-refractivity contribution is 0.0844. The summed E-state index contributed by atoms with van der Waals surface area (Å²) in [6, 6.07) is 8.19. The Morgan fingerprint density at radius 3 is 2.13 bits per heavy atom. The van der Waals surface area contributed by atoms with E-state index in [9.17, 15) is 18.0 Å². The van der Waals surface area contributed by atoms with Crippen LogP contribution < -0.4 is 16.0 Å². The molecule has 0 saturated heterocycles. The molecule has 0 fully saturated rings. The fourth-order valence-corrected chi connectivity index (χ4v) is 3.07. The van der Waals surface area contributed by atoms with E-state index in [2.05, 4.69) is 10.9 Å². The number of furan rings is 1. The normalized spacial score (nSPS) is 11.1. The first-order chi connectivity index (χ1) is 10.7. The molecule has 8 nitrogen and oxygen atoms in total. The molecule has 0 aliphatic rings. The van der Waals surface area contributed by atoms with Crippen LogP contribution in [-0.2, 0) is 10.0 Å². The first-order valence-electron chi connectivity index (χ1n) is 6.50. The predicted molar refractivity (Wildman–Crippen MR) is 80.9 cm³/mol. The molecule has 0 aliphatic heterocycles. The number of amides is 2. The molecule has 1 heterocycles. The van der Waals surface area contributed by atoms with Crippen molar-refractivity contribution in [2.24, 2.45) is 5.14 Å². The van der Waals surface area contributed by atoms with Gasteiger partial charge in [-0.1, -0.05) is 18.2 Å². The summed E-state index contributed by atoms with van der Waals surface area (Å²) in [7, 11) is -4.15. The molecule has 0 unspecified atom stereocenters. The van der Waals surface area contributed by atoms with Crippen LogP contribution in [0.2, 0.25) is 0 Å². The number of hydrogen-bond donors (Lipinski definition) is 3. The van der Waals surface area contributed by atoms with Gasteiger partial charge in [0, 0.05) is 5.56 Å². The molecule has 9 heteroatoms. The van der Waals surface area contributed by atoms with Crippen molar-refractivity contribution in [3.8, 4) is 0 Å². The Morgan fingerprint density at radius 2 is 1.57 bits per heavy atom. The number of carbonyl (C=O) groups excluding carboxylic acids is 2. The monoisotopic (exact) mass is 337 g/mol. The minimum Gasteiger partial charge on any atom is -0.464 e. The fourth-order valence-electron chi connectivity index (χ4n) is 2.11. The number of benzene rings is 1. The number of nitrogens with two attached hydrogens (primary N) is 1. The van der Waals surface area contributed by atoms with Crippen LogP contribution in [0.4, 0.5) is 0 Å². The summed E-state index contributed by atoms with van der Waals surface area (Å²) in [5, 5.41) is 5.10. The summed E-state index contributed by atoms with van der Waals surface area (Å²) in [5.74, 6) is -1.30. The third kappa shape index (κ3) is 3.58. The van der Waals surface area contributed by atoms with Gasteiger partial charge in [0.25, 0.3) is 11.8 Å². The molecule has 0 bridgehead atoms. The minimum absolute atomic E-state index is 0.00420. The molecule has 0 aliphatic carbocycles. The summed E-state index contributed by atoms with van der Waals surface area (Å²) < 4.78 is 28.4. The van der Waals surface area contributed by atoms with Crippen molar-refractivity contribution >= 4 is 21.8 Å². The molecule has 0 spiro atoms. The number of carbonyl (C=O) groups is 2. The molecule has 0 atom stereocenters. The predicted octanol–water partition coefficient (Wildman–Crippen LogP) is 0.619. The second kappa shape index (κ2) is 6.23. The van der Waals surface area contributed by atoms with E-state index in [0.29, 0.717) is 5.56 Å². The summed E-state index contributed by atoms with van der Waals surface area (Å²) in [5.41, 5.74) is 4.44. The number of rotatable bonds is 3. The van der Waals surface area contributed by atoms with Crippen molar-refractivity contribution in [2.45, 2.75) is 18.7 Å². The summed E-state index contributed by atoms with van der Waals surface area (Å²) in [6.07, 6.45) is 0. The Hall–Kier alpha value is -2.65. The lowest BCUT2D eigenvalue weighted by Gasteiger charge is -2.08. The maximum absolute atomic E-state index is 12.2. The molecule has 23 heavy (non-hydrogen) atoms.